The molecule has 0 saturated heterocycles. The van der Waals surface area contributed by atoms with Gasteiger partial charge < -0.3 is 0 Å². The molecule has 0 spiro atoms. The summed E-state index contributed by atoms with van der Waals surface area (Å²) in [6.45, 7) is 2.10. The van der Waals surface area contributed by atoms with Crippen molar-refractivity contribution in [1.82, 2.24) is 0 Å². The molecule has 3 rings (SSSR count). The second-order valence-corrected chi connectivity index (χ2v) is 5.69. The van der Waals surface area contributed by atoms with Crippen LogP contribution in [0.15, 0.2) is 59.1 Å². The van der Waals surface area contributed by atoms with Gasteiger partial charge in [-0.15, -0.1) is 0 Å². The molecule has 0 atom stereocenters. The van der Waals surface area contributed by atoms with Crippen LogP contribution >= 0.6 is 15.9 Å². The predicted molar refractivity (Wildman–Crippen MR) is 86.5 cm³/mol. The Morgan fingerprint density at radius 2 is 1.65 bits per heavy atom. The van der Waals surface area contributed by atoms with E-state index in [-0.39, 0.29) is 0 Å². The average Bonchev–Trinajstić information content (AvgIpc) is 2.46. The van der Waals surface area contributed by atoms with Crippen LogP contribution in [-0.2, 0) is 0 Å². The Balaban J connectivity index is 2.35. The van der Waals surface area contributed by atoms with Crippen LogP contribution in [0, 0.1) is 18.3 Å². The van der Waals surface area contributed by atoms with Gasteiger partial charge in [-0.3, -0.25) is 0 Å². The summed E-state index contributed by atoms with van der Waals surface area (Å²) in [5.74, 6) is 0. The molecule has 2 heteroatoms. The van der Waals surface area contributed by atoms with Crippen molar-refractivity contribution in [2.24, 2.45) is 0 Å². The summed E-state index contributed by atoms with van der Waals surface area (Å²) in [7, 11) is 0. The molecular weight excluding hydrogens is 310 g/mol. The lowest BCUT2D eigenvalue weighted by atomic mass is 9.94. The van der Waals surface area contributed by atoms with Gasteiger partial charge in [0.2, 0.25) is 0 Å². The Bertz CT molecular complexity index is 844. The molecule has 3 aromatic rings. The third-order valence-electron chi connectivity index (χ3n) is 3.52. The standard InChI is InChI=1S/C18H12BrN/c1-12-10-14(19)8-9-15(12)17-7-3-5-16-13(11-20)4-2-6-18(16)17/h2-10H,1H3. The van der Waals surface area contributed by atoms with Crippen molar-refractivity contribution < 1.29 is 0 Å². The van der Waals surface area contributed by atoms with Gasteiger partial charge in [-0.05, 0) is 47.2 Å². The van der Waals surface area contributed by atoms with Gasteiger partial charge in [0.25, 0.3) is 0 Å². The van der Waals surface area contributed by atoms with Crippen LogP contribution < -0.4 is 0 Å². The molecule has 0 bridgehead atoms. The van der Waals surface area contributed by atoms with E-state index < -0.39 is 0 Å². The topological polar surface area (TPSA) is 23.8 Å². The van der Waals surface area contributed by atoms with Crippen molar-refractivity contribution in [2.75, 3.05) is 0 Å². The Labute approximate surface area is 126 Å². The fraction of sp³-hybridized carbons (Fsp3) is 0.0556. The average molecular weight is 322 g/mol. The van der Waals surface area contributed by atoms with E-state index in [0.717, 1.165) is 20.8 Å². The monoisotopic (exact) mass is 321 g/mol. The summed E-state index contributed by atoms with van der Waals surface area (Å²) in [5, 5.41) is 11.4. The maximum absolute atomic E-state index is 9.23. The molecule has 0 fully saturated rings. The highest BCUT2D eigenvalue weighted by molar-refractivity contribution is 9.10. The lowest BCUT2D eigenvalue weighted by molar-refractivity contribution is 1.45. The van der Waals surface area contributed by atoms with Crippen LogP contribution in [0.25, 0.3) is 21.9 Å². The van der Waals surface area contributed by atoms with Crippen LogP contribution in [0.3, 0.4) is 0 Å². The quantitative estimate of drug-likeness (QED) is 0.584. The summed E-state index contributed by atoms with van der Waals surface area (Å²) in [6, 6.07) is 20.6. The Morgan fingerprint density at radius 3 is 2.40 bits per heavy atom. The number of aryl methyl sites for hydroxylation is 1. The van der Waals surface area contributed by atoms with E-state index in [4.69, 9.17) is 0 Å². The van der Waals surface area contributed by atoms with Crippen molar-refractivity contribution in [1.29, 1.82) is 5.26 Å². The van der Waals surface area contributed by atoms with E-state index in [1.54, 1.807) is 0 Å². The first-order valence-electron chi connectivity index (χ1n) is 6.39. The molecule has 0 heterocycles. The third kappa shape index (κ3) is 2.11. The number of benzene rings is 3. The molecule has 20 heavy (non-hydrogen) atoms. The summed E-state index contributed by atoms with van der Waals surface area (Å²) in [6.07, 6.45) is 0. The summed E-state index contributed by atoms with van der Waals surface area (Å²) < 4.78 is 1.08. The van der Waals surface area contributed by atoms with Crippen molar-refractivity contribution in [3.8, 4) is 17.2 Å². The number of halogens is 1. The molecule has 96 valence electrons. The number of hydrogen-bond donors (Lipinski definition) is 0. The van der Waals surface area contributed by atoms with E-state index in [0.29, 0.717) is 0 Å². The first kappa shape index (κ1) is 12.9. The van der Waals surface area contributed by atoms with E-state index >= 15 is 0 Å². The van der Waals surface area contributed by atoms with Crippen molar-refractivity contribution in [3.05, 3.63) is 70.2 Å². The van der Waals surface area contributed by atoms with E-state index in [9.17, 15) is 5.26 Å². The highest BCUT2D eigenvalue weighted by Gasteiger charge is 2.08. The van der Waals surface area contributed by atoms with Crippen LogP contribution in [0.2, 0.25) is 0 Å². The van der Waals surface area contributed by atoms with Crippen LogP contribution in [0.4, 0.5) is 0 Å². The number of hydrogen-bond acceptors (Lipinski definition) is 1. The van der Waals surface area contributed by atoms with Gasteiger partial charge in [0.05, 0.1) is 11.6 Å². The summed E-state index contributed by atoms with van der Waals surface area (Å²) in [5.41, 5.74) is 4.31. The third-order valence-corrected chi connectivity index (χ3v) is 4.01. The fourth-order valence-corrected chi connectivity index (χ4v) is 3.05. The lowest BCUT2D eigenvalue weighted by Crippen LogP contribution is -1.87. The minimum atomic E-state index is 0.721. The zero-order chi connectivity index (χ0) is 14.1. The SMILES string of the molecule is Cc1cc(Br)ccc1-c1cccc2c(C#N)cccc12. The molecule has 0 aliphatic carbocycles. The van der Waals surface area contributed by atoms with Gasteiger partial charge >= 0.3 is 0 Å². The number of nitriles is 1. The molecule has 0 saturated carbocycles. The molecular formula is C18H12BrN. The van der Waals surface area contributed by atoms with E-state index in [2.05, 4.69) is 59.3 Å². The van der Waals surface area contributed by atoms with Gasteiger partial charge in [-0.1, -0.05) is 52.3 Å². The van der Waals surface area contributed by atoms with Gasteiger partial charge in [0.15, 0.2) is 0 Å². The molecule has 0 N–H and O–H groups in total. The van der Waals surface area contributed by atoms with Gasteiger partial charge in [0, 0.05) is 9.86 Å². The van der Waals surface area contributed by atoms with Crippen LogP contribution in [0.1, 0.15) is 11.1 Å². The summed E-state index contributed by atoms with van der Waals surface area (Å²) >= 11 is 3.50. The largest absolute Gasteiger partial charge is 0.192 e. The molecule has 0 aromatic heterocycles. The predicted octanol–water partition coefficient (Wildman–Crippen LogP) is 5.45. The minimum absolute atomic E-state index is 0.721. The van der Waals surface area contributed by atoms with Gasteiger partial charge in [0.1, 0.15) is 0 Å². The summed E-state index contributed by atoms with van der Waals surface area (Å²) in [4.78, 5) is 0. The van der Waals surface area contributed by atoms with Crippen molar-refractivity contribution in [2.45, 2.75) is 6.92 Å². The Hall–Kier alpha value is -2.11. The highest BCUT2D eigenvalue weighted by Crippen LogP contribution is 2.33. The minimum Gasteiger partial charge on any atom is -0.192 e. The van der Waals surface area contributed by atoms with Gasteiger partial charge in [-0.2, -0.15) is 5.26 Å². The van der Waals surface area contributed by atoms with Crippen molar-refractivity contribution in [3.63, 3.8) is 0 Å². The normalized spacial score (nSPS) is 10.4. The molecule has 0 aliphatic rings. The van der Waals surface area contributed by atoms with Crippen LogP contribution in [0.5, 0.6) is 0 Å². The number of nitrogens with zero attached hydrogens (tertiary/aromatic N) is 1. The molecule has 0 aliphatic heterocycles. The number of rotatable bonds is 1. The molecule has 0 amide bonds. The van der Waals surface area contributed by atoms with Crippen LogP contribution in [-0.4, -0.2) is 0 Å². The maximum Gasteiger partial charge on any atom is 0.0998 e. The zero-order valence-corrected chi connectivity index (χ0v) is 12.6. The Kier molecular flexibility index (Phi) is 3.30. The zero-order valence-electron chi connectivity index (χ0n) is 11.0. The molecule has 0 radical (unpaired) electrons. The smallest absolute Gasteiger partial charge is 0.0998 e. The lowest BCUT2D eigenvalue weighted by Gasteiger charge is -2.11. The maximum atomic E-state index is 9.23. The Morgan fingerprint density at radius 1 is 0.900 bits per heavy atom. The second kappa shape index (κ2) is 5.11. The highest BCUT2D eigenvalue weighted by atomic mass is 79.9. The molecule has 3 aromatic carbocycles. The first-order valence-corrected chi connectivity index (χ1v) is 7.18. The fourth-order valence-electron chi connectivity index (χ4n) is 2.57. The van der Waals surface area contributed by atoms with E-state index in [1.165, 1.54) is 16.7 Å². The van der Waals surface area contributed by atoms with E-state index in [1.807, 2.05) is 24.3 Å². The number of fused-ring (bicyclic) bond motifs is 1. The second-order valence-electron chi connectivity index (χ2n) is 4.78. The van der Waals surface area contributed by atoms with Gasteiger partial charge in [-0.25, -0.2) is 0 Å². The molecule has 1 nitrogen and oxygen atoms in total. The first-order chi connectivity index (χ1) is 9.70. The van der Waals surface area contributed by atoms with Crippen molar-refractivity contribution >= 4 is 26.7 Å². The molecule has 0 unspecified atom stereocenters.